The quantitative estimate of drug-likeness (QED) is 0.225. The number of carbonyl (C=O) groups is 1. The van der Waals surface area contributed by atoms with E-state index in [1.54, 1.807) is 29.1 Å². The van der Waals surface area contributed by atoms with Crippen molar-refractivity contribution in [3.63, 3.8) is 0 Å². The number of rotatable bonds is 10. The summed E-state index contributed by atoms with van der Waals surface area (Å²) in [6.45, 7) is 4.95. The fraction of sp³-hybridized carbons (Fsp3) is 0.455. The van der Waals surface area contributed by atoms with Crippen LogP contribution in [0.1, 0.15) is 66.6 Å². The van der Waals surface area contributed by atoms with Gasteiger partial charge in [0.05, 0.1) is 23.3 Å². The van der Waals surface area contributed by atoms with Crippen molar-refractivity contribution in [2.24, 2.45) is 0 Å². The summed E-state index contributed by atoms with van der Waals surface area (Å²) in [5, 5.41) is 19.3. The molecule has 2 aromatic heterocycles. The van der Waals surface area contributed by atoms with Crippen LogP contribution in [-0.4, -0.2) is 67.8 Å². The molecule has 0 aliphatic carbocycles. The summed E-state index contributed by atoms with van der Waals surface area (Å²) in [7, 11) is 0. The molecule has 0 radical (unpaired) electrons. The van der Waals surface area contributed by atoms with Crippen LogP contribution in [0.3, 0.4) is 0 Å². The molecule has 46 heavy (non-hydrogen) atoms. The topological polar surface area (TPSA) is 139 Å². The number of fused-ring (bicyclic) bond motifs is 2. The van der Waals surface area contributed by atoms with Crippen LogP contribution in [0.2, 0.25) is 5.02 Å². The standard InChI is InChI=1S/C33H36ClN5O7/c1-33(2)45-27-24(15-19-9-3-5-11-21(19)32(40)41)44-31(28(27)46-33)39-30-22(17-36-39)29(35-16-20-10-4-6-12-23(20)34)37-25(38-30)18-43-26-13-7-8-14-42-26/h3-6,9-12,17,24,26-28,31H,7-8,13-16,18H2,1-2H3,(H,40,41)(H,35,37,38)/t24-,26?,27-,28-,31-/m1/s1. The Labute approximate surface area is 270 Å². The number of halogens is 1. The van der Waals surface area contributed by atoms with Crippen LogP contribution in [0.4, 0.5) is 5.82 Å². The van der Waals surface area contributed by atoms with Gasteiger partial charge in [0.2, 0.25) is 0 Å². The minimum atomic E-state index is -0.995. The Morgan fingerprint density at radius 3 is 2.65 bits per heavy atom. The van der Waals surface area contributed by atoms with Crippen molar-refractivity contribution in [1.29, 1.82) is 0 Å². The third-order valence-electron chi connectivity index (χ3n) is 8.48. The van der Waals surface area contributed by atoms with E-state index in [-0.39, 0.29) is 18.5 Å². The molecule has 5 atom stereocenters. The fourth-order valence-electron chi connectivity index (χ4n) is 6.33. The maximum atomic E-state index is 11.9. The van der Waals surface area contributed by atoms with Crippen molar-refractivity contribution in [3.05, 3.63) is 82.3 Å². The first-order valence-electron chi connectivity index (χ1n) is 15.5. The van der Waals surface area contributed by atoms with Gasteiger partial charge in [0.25, 0.3) is 0 Å². The lowest BCUT2D eigenvalue weighted by Crippen LogP contribution is -2.31. The average Bonchev–Trinajstić information content (AvgIpc) is 3.71. The summed E-state index contributed by atoms with van der Waals surface area (Å²) in [6.07, 6.45) is 2.40. The Morgan fingerprint density at radius 1 is 1.09 bits per heavy atom. The first kappa shape index (κ1) is 31.0. The normalized spacial score (nSPS) is 25.5. The second kappa shape index (κ2) is 12.9. The second-order valence-electron chi connectivity index (χ2n) is 12.2. The van der Waals surface area contributed by atoms with Crippen molar-refractivity contribution in [1.82, 2.24) is 19.7 Å². The van der Waals surface area contributed by atoms with E-state index in [0.717, 1.165) is 24.8 Å². The molecule has 3 fully saturated rings. The van der Waals surface area contributed by atoms with Gasteiger partial charge in [-0.1, -0.05) is 48.0 Å². The van der Waals surface area contributed by atoms with E-state index in [4.69, 9.17) is 50.4 Å². The van der Waals surface area contributed by atoms with E-state index in [2.05, 4.69) is 5.32 Å². The van der Waals surface area contributed by atoms with Gasteiger partial charge in [0.1, 0.15) is 24.6 Å². The van der Waals surface area contributed by atoms with Crippen LogP contribution in [-0.2, 0) is 43.3 Å². The highest BCUT2D eigenvalue weighted by Crippen LogP contribution is 2.45. The Hall–Kier alpha value is -3.65. The van der Waals surface area contributed by atoms with Gasteiger partial charge in [-0.15, -0.1) is 0 Å². The molecule has 13 heteroatoms. The highest BCUT2D eigenvalue weighted by atomic mass is 35.5. The summed E-state index contributed by atoms with van der Waals surface area (Å²) in [5.74, 6) is -0.841. The maximum absolute atomic E-state index is 11.9. The summed E-state index contributed by atoms with van der Waals surface area (Å²) in [5.41, 5.74) is 2.32. The molecular formula is C33H36ClN5O7. The molecule has 0 saturated carbocycles. The first-order chi connectivity index (χ1) is 22.3. The Balaban J connectivity index is 1.22. The van der Waals surface area contributed by atoms with Gasteiger partial charge < -0.3 is 34.1 Å². The number of aromatic nitrogens is 4. The minimum absolute atomic E-state index is 0.144. The summed E-state index contributed by atoms with van der Waals surface area (Å²) < 4.78 is 32.8. The fourth-order valence-corrected chi connectivity index (χ4v) is 6.53. The molecule has 3 saturated heterocycles. The zero-order valence-corrected chi connectivity index (χ0v) is 26.4. The SMILES string of the molecule is CC1(C)O[C@@H]2[C@H](O1)[C@@H](Cc1ccccc1C(=O)O)O[C@H]2n1ncc2c(NCc3ccccc3Cl)nc(COC3CCCCO3)nc21. The van der Waals surface area contributed by atoms with Gasteiger partial charge in [-0.3, -0.25) is 0 Å². The Kier molecular flexibility index (Phi) is 8.66. The van der Waals surface area contributed by atoms with Gasteiger partial charge in [0, 0.05) is 24.6 Å². The van der Waals surface area contributed by atoms with Gasteiger partial charge in [-0.05, 0) is 56.4 Å². The smallest absolute Gasteiger partial charge is 0.335 e. The Bertz CT molecular complexity index is 1730. The molecule has 5 heterocycles. The molecule has 7 rings (SSSR count). The minimum Gasteiger partial charge on any atom is -0.478 e. The molecule has 3 aliphatic heterocycles. The number of nitrogens with zero attached hydrogens (tertiary/aromatic N) is 4. The molecule has 3 aliphatic rings. The third kappa shape index (κ3) is 6.33. The molecule has 242 valence electrons. The lowest BCUT2D eigenvalue weighted by Gasteiger charge is -2.25. The molecule has 2 N–H and O–H groups in total. The van der Waals surface area contributed by atoms with E-state index in [0.29, 0.717) is 52.8 Å². The number of benzene rings is 2. The van der Waals surface area contributed by atoms with Gasteiger partial charge in [0.15, 0.2) is 29.8 Å². The predicted octanol–water partition coefficient (Wildman–Crippen LogP) is 5.49. The van der Waals surface area contributed by atoms with Crippen LogP contribution in [0.25, 0.3) is 11.0 Å². The maximum Gasteiger partial charge on any atom is 0.335 e. The number of hydrogen-bond acceptors (Lipinski definition) is 10. The lowest BCUT2D eigenvalue weighted by atomic mass is 9.98. The van der Waals surface area contributed by atoms with Crippen molar-refractivity contribution in [2.45, 2.75) is 89.3 Å². The number of nitrogens with one attached hydrogen (secondary N) is 1. The van der Waals surface area contributed by atoms with E-state index < -0.39 is 36.3 Å². The van der Waals surface area contributed by atoms with Crippen molar-refractivity contribution in [3.8, 4) is 0 Å². The molecule has 2 aromatic carbocycles. The van der Waals surface area contributed by atoms with Crippen LogP contribution in [0, 0.1) is 0 Å². The van der Waals surface area contributed by atoms with E-state index in [1.807, 2.05) is 44.2 Å². The van der Waals surface area contributed by atoms with Crippen molar-refractivity contribution in [2.75, 3.05) is 11.9 Å². The van der Waals surface area contributed by atoms with Crippen LogP contribution in [0.5, 0.6) is 0 Å². The Morgan fingerprint density at radius 2 is 1.87 bits per heavy atom. The highest BCUT2D eigenvalue weighted by molar-refractivity contribution is 6.31. The predicted molar refractivity (Wildman–Crippen MR) is 167 cm³/mol. The summed E-state index contributed by atoms with van der Waals surface area (Å²) in [4.78, 5) is 21.6. The van der Waals surface area contributed by atoms with Crippen molar-refractivity contribution < 1.29 is 33.6 Å². The number of aromatic carboxylic acids is 1. The number of carboxylic acids is 1. The largest absolute Gasteiger partial charge is 0.478 e. The van der Waals surface area contributed by atoms with Crippen molar-refractivity contribution >= 4 is 34.4 Å². The highest BCUT2D eigenvalue weighted by Gasteiger charge is 2.56. The van der Waals surface area contributed by atoms with E-state index >= 15 is 0 Å². The van der Waals surface area contributed by atoms with Crippen LogP contribution in [0.15, 0.2) is 54.7 Å². The molecule has 0 bridgehead atoms. The number of ether oxygens (including phenoxy) is 5. The first-order valence-corrected chi connectivity index (χ1v) is 15.9. The second-order valence-corrected chi connectivity index (χ2v) is 12.6. The number of hydrogen-bond donors (Lipinski definition) is 2. The van der Waals surface area contributed by atoms with E-state index in [9.17, 15) is 9.90 Å². The summed E-state index contributed by atoms with van der Waals surface area (Å²) >= 11 is 6.44. The molecule has 0 spiro atoms. The molecule has 0 amide bonds. The zero-order valence-electron chi connectivity index (χ0n) is 25.6. The van der Waals surface area contributed by atoms with Crippen LogP contribution >= 0.6 is 11.6 Å². The van der Waals surface area contributed by atoms with Gasteiger partial charge >= 0.3 is 5.97 Å². The molecular weight excluding hydrogens is 614 g/mol. The molecule has 12 nitrogen and oxygen atoms in total. The molecule has 1 unspecified atom stereocenters. The lowest BCUT2D eigenvalue weighted by molar-refractivity contribution is -0.197. The monoisotopic (exact) mass is 649 g/mol. The molecule has 4 aromatic rings. The van der Waals surface area contributed by atoms with Gasteiger partial charge in [-0.2, -0.15) is 5.10 Å². The zero-order chi connectivity index (χ0) is 31.8. The number of carboxylic acid groups (broad SMARTS) is 1. The third-order valence-corrected chi connectivity index (χ3v) is 8.84. The van der Waals surface area contributed by atoms with Crippen LogP contribution < -0.4 is 5.32 Å². The van der Waals surface area contributed by atoms with Gasteiger partial charge in [-0.25, -0.2) is 19.4 Å². The van der Waals surface area contributed by atoms with E-state index in [1.165, 1.54) is 0 Å². The number of anilines is 1. The average molecular weight is 650 g/mol. The summed E-state index contributed by atoms with van der Waals surface area (Å²) in [6, 6.07) is 14.5.